The highest BCUT2D eigenvalue weighted by Gasteiger charge is 2.55. The van der Waals surface area contributed by atoms with Crippen LogP contribution in [0.25, 0.3) is 28.0 Å². The first-order valence-electron chi connectivity index (χ1n) is 17.6. The van der Waals surface area contributed by atoms with Crippen molar-refractivity contribution in [3.63, 3.8) is 0 Å². The molecule has 1 spiro atoms. The van der Waals surface area contributed by atoms with Crippen molar-refractivity contribution >= 4 is 5.57 Å². The van der Waals surface area contributed by atoms with Gasteiger partial charge in [-0.25, -0.2) is 0 Å². The third kappa shape index (κ3) is 4.52. The van der Waals surface area contributed by atoms with Crippen LogP contribution in [-0.4, -0.2) is 4.98 Å². The highest BCUT2D eigenvalue weighted by molar-refractivity contribution is 5.79. The Bertz CT molecular complexity index is 2340. The molecule has 6 aromatic rings. The minimum absolute atomic E-state index is 0.0179. The molecule has 0 saturated heterocycles. The smallest absolute Gasteiger partial charge is 0.132 e. The number of hydrogen-bond acceptors (Lipinski definition) is 3. The summed E-state index contributed by atoms with van der Waals surface area (Å²) in [5.41, 5.74) is 11.0. The molecule has 0 amide bonds. The summed E-state index contributed by atoms with van der Waals surface area (Å²) in [6, 6.07) is 46.1. The molecule has 3 atom stereocenters. The molecule has 4 nitrogen and oxygen atoms in total. The first-order chi connectivity index (χ1) is 24.8. The zero-order valence-electron chi connectivity index (χ0n) is 27.6. The van der Waals surface area contributed by atoms with Crippen molar-refractivity contribution in [1.82, 2.24) is 10.3 Å². The average molecular weight is 649 g/mol. The summed E-state index contributed by atoms with van der Waals surface area (Å²) in [5.74, 6) is 3.69. The van der Waals surface area contributed by atoms with Gasteiger partial charge in [0.25, 0.3) is 0 Å². The number of H-pyrrole nitrogens is 1. The average Bonchev–Trinajstić information content (AvgIpc) is 3.74. The van der Waals surface area contributed by atoms with E-state index >= 15 is 0 Å². The van der Waals surface area contributed by atoms with E-state index in [0.717, 1.165) is 64.7 Å². The van der Waals surface area contributed by atoms with Gasteiger partial charge in [0, 0.05) is 40.1 Å². The molecule has 4 heteroatoms. The lowest BCUT2D eigenvalue weighted by Crippen LogP contribution is -2.45. The van der Waals surface area contributed by atoms with Gasteiger partial charge >= 0.3 is 0 Å². The van der Waals surface area contributed by atoms with Gasteiger partial charge in [0.05, 0.1) is 11.5 Å². The number of allylic oxidation sites excluding steroid dienone is 5. The number of benzene rings is 5. The number of ether oxygens (including phenoxy) is 2. The lowest BCUT2D eigenvalue weighted by atomic mass is 9.57. The maximum absolute atomic E-state index is 7.07. The normalized spacial score (nSPS) is 21.3. The fraction of sp³-hybridized carbons (Fsp3) is 0.130. The van der Waals surface area contributed by atoms with Gasteiger partial charge in [-0.05, 0) is 89.7 Å². The van der Waals surface area contributed by atoms with Crippen molar-refractivity contribution in [3.8, 4) is 39.6 Å². The molecular formula is C46H36N2O2. The topological polar surface area (TPSA) is 46.3 Å². The molecule has 0 fully saturated rings. The SMILES string of the molecule is C1=CNC(c2ccc3c(c2)Oc2cc(-c4ccc[nH]4)ccc2C32c3ccc(-c4ccccc4)cc3OC3=CC(c4ccccc4)=CCC32)CC1. The quantitative estimate of drug-likeness (QED) is 0.200. The molecule has 4 heterocycles. The standard InChI is InChI=1S/C46H36N2O2/c1-3-10-30(11-4-1)32-16-20-36-42(26-32)49-43-27-33(31-12-5-2-6-13-31)17-21-37(43)46(36)38-22-18-34(40-14-7-8-24-47-40)28-44(38)50-45-29-35(19-23-39(45)46)41-15-9-25-48-41/h1-6,8-13,15-20,22-29,37,40,47-48H,7,14,21H2. The van der Waals surface area contributed by atoms with Crippen LogP contribution in [0.3, 0.4) is 0 Å². The second-order valence-corrected chi connectivity index (χ2v) is 13.7. The summed E-state index contributed by atoms with van der Waals surface area (Å²) < 4.78 is 14.1. The molecule has 2 N–H and O–H groups in total. The number of hydrogen-bond donors (Lipinski definition) is 2. The maximum atomic E-state index is 7.07. The second-order valence-electron chi connectivity index (χ2n) is 13.7. The third-order valence-electron chi connectivity index (χ3n) is 11.0. The number of nitrogens with one attached hydrogen (secondary N) is 2. The molecule has 50 heavy (non-hydrogen) atoms. The van der Waals surface area contributed by atoms with Crippen LogP contribution in [0.5, 0.6) is 17.2 Å². The molecule has 1 aromatic heterocycles. The van der Waals surface area contributed by atoms with Gasteiger partial charge in [0.15, 0.2) is 0 Å². The van der Waals surface area contributed by atoms with Gasteiger partial charge in [0.2, 0.25) is 0 Å². The van der Waals surface area contributed by atoms with Crippen LogP contribution in [-0.2, 0) is 5.41 Å². The van der Waals surface area contributed by atoms with Gasteiger partial charge in [-0.15, -0.1) is 0 Å². The van der Waals surface area contributed by atoms with Crippen molar-refractivity contribution in [2.24, 2.45) is 5.92 Å². The molecule has 0 saturated carbocycles. The van der Waals surface area contributed by atoms with Gasteiger partial charge in [-0.2, -0.15) is 0 Å². The van der Waals surface area contributed by atoms with Crippen molar-refractivity contribution < 1.29 is 9.47 Å². The van der Waals surface area contributed by atoms with E-state index in [2.05, 4.69) is 156 Å². The molecule has 4 aliphatic rings. The molecule has 0 radical (unpaired) electrons. The number of fused-ring (bicyclic) bond motifs is 8. The molecule has 0 bridgehead atoms. The van der Waals surface area contributed by atoms with Gasteiger partial charge in [0.1, 0.15) is 23.0 Å². The molecular weight excluding hydrogens is 613 g/mol. The lowest BCUT2D eigenvalue weighted by molar-refractivity contribution is 0.237. The minimum Gasteiger partial charge on any atom is -0.461 e. The second kappa shape index (κ2) is 11.6. The lowest BCUT2D eigenvalue weighted by Gasteiger charge is -2.50. The van der Waals surface area contributed by atoms with Crippen LogP contribution in [0.4, 0.5) is 0 Å². The fourth-order valence-corrected chi connectivity index (χ4v) is 8.64. The summed E-state index contributed by atoms with van der Waals surface area (Å²) in [6.45, 7) is 0. The first-order valence-corrected chi connectivity index (χ1v) is 17.6. The zero-order valence-corrected chi connectivity index (χ0v) is 27.6. The predicted molar refractivity (Wildman–Crippen MR) is 200 cm³/mol. The highest BCUT2D eigenvalue weighted by Crippen LogP contribution is 2.63. The van der Waals surface area contributed by atoms with Crippen LogP contribution in [0.2, 0.25) is 0 Å². The Kier molecular flexibility index (Phi) is 6.70. The third-order valence-corrected chi connectivity index (χ3v) is 11.0. The predicted octanol–water partition coefficient (Wildman–Crippen LogP) is 11.1. The monoisotopic (exact) mass is 648 g/mol. The molecule has 3 aliphatic heterocycles. The van der Waals surface area contributed by atoms with E-state index < -0.39 is 5.41 Å². The first kappa shape index (κ1) is 29.0. The van der Waals surface area contributed by atoms with E-state index in [0.29, 0.717) is 0 Å². The largest absolute Gasteiger partial charge is 0.461 e. The van der Waals surface area contributed by atoms with Crippen LogP contribution in [0, 0.1) is 5.92 Å². The van der Waals surface area contributed by atoms with Gasteiger partial charge in [-0.3, -0.25) is 0 Å². The summed E-state index contributed by atoms with van der Waals surface area (Å²) in [6.07, 6.45) is 13.9. The molecule has 3 unspecified atom stereocenters. The summed E-state index contributed by atoms with van der Waals surface area (Å²) >= 11 is 0. The zero-order chi connectivity index (χ0) is 33.1. The van der Waals surface area contributed by atoms with Gasteiger partial charge in [-0.1, -0.05) is 109 Å². The number of aromatic amines is 1. The van der Waals surface area contributed by atoms with Crippen molar-refractivity contribution in [3.05, 3.63) is 192 Å². The molecule has 10 rings (SSSR count). The van der Waals surface area contributed by atoms with E-state index in [1.54, 1.807) is 0 Å². The van der Waals surface area contributed by atoms with Crippen molar-refractivity contribution in [2.45, 2.75) is 30.7 Å². The van der Waals surface area contributed by atoms with E-state index in [4.69, 9.17) is 9.47 Å². The Morgan fingerprint density at radius 1 is 0.620 bits per heavy atom. The van der Waals surface area contributed by atoms with Crippen LogP contribution in [0.1, 0.15) is 53.1 Å². The molecule has 242 valence electrons. The minimum atomic E-state index is -0.553. The maximum Gasteiger partial charge on any atom is 0.132 e. The Hall–Kier alpha value is -6.00. The van der Waals surface area contributed by atoms with E-state index in [1.165, 1.54) is 33.4 Å². The summed E-state index contributed by atoms with van der Waals surface area (Å²) in [5, 5.41) is 3.59. The van der Waals surface area contributed by atoms with Gasteiger partial charge < -0.3 is 19.8 Å². The molecule has 5 aromatic carbocycles. The van der Waals surface area contributed by atoms with E-state index in [9.17, 15) is 0 Å². The van der Waals surface area contributed by atoms with E-state index in [1.807, 2.05) is 12.3 Å². The Morgan fingerprint density at radius 3 is 2.06 bits per heavy atom. The van der Waals surface area contributed by atoms with Crippen molar-refractivity contribution in [2.75, 3.05) is 0 Å². The van der Waals surface area contributed by atoms with Crippen LogP contribution < -0.4 is 14.8 Å². The number of aromatic nitrogens is 1. The van der Waals surface area contributed by atoms with E-state index in [-0.39, 0.29) is 12.0 Å². The Balaban J connectivity index is 1.23. The Labute approximate surface area is 292 Å². The van der Waals surface area contributed by atoms with Crippen LogP contribution in [0.15, 0.2) is 164 Å². The number of rotatable bonds is 4. The Morgan fingerprint density at radius 2 is 1.32 bits per heavy atom. The molecule has 1 aliphatic carbocycles. The van der Waals surface area contributed by atoms with Crippen LogP contribution >= 0.6 is 0 Å². The fourth-order valence-electron chi connectivity index (χ4n) is 8.64. The van der Waals surface area contributed by atoms with Crippen molar-refractivity contribution in [1.29, 1.82) is 0 Å². The summed E-state index contributed by atoms with van der Waals surface area (Å²) in [7, 11) is 0. The summed E-state index contributed by atoms with van der Waals surface area (Å²) in [4.78, 5) is 3.40. The highest BCUT2D eigenvalue weighted by atomic mass is 16.5.